The molecule has 6 heteroatoms. The van der Waals surface area contributed by atoms with Crippen LogP contribution >= 0.6 is 0 Å². The molecule has 0 aliphatic rings. The molecule has 2 rings (SSSR count). The number of carbonyl (C=O) groups excluding carboxylic acids is 1. The van der Waals surface area contributed by atoms with Gasteiger partial charge < -0.3 is 25.2 Å². The van der Waals surface area contributed by atoms with Gasteiger partial charge in [0.15, 0.2) is 11.5 Å². The van der Waals surface area contributed by atoms with Gasteiger partial charge in [0, 0.05) is 6.54 Å². The number of phenols is 1. The van der Waals surface area contributed by atoms with Crippen LogP contribution in [0.1, 0.15) is 5.56 Å². The van der Waals surface area contributed by atoms with Crippen molar-refractivity contribution in [1.29, 1.82) is 0 Å². The van der Waals surface area contributed by atoms with E-state index in [2.05, 4.69) is 10.6 Å². The lowest BCUT2D eigenvalue weighted by Crippen LogP contribution is -2.30. The van der Waals surface area contributed by atoms with Crippen molar-refractivity contribution in [1.82, 2.24) is 5.32 Å². The smallest absolute Gasteiger partial charge is 0.319 e. The van der Waals surface area contributed by atoms with Gasteiger partial charge in [-0.25, -0.2) is 4.79 Å². The van der Waals surface area contributed by atoms with Gasteiger partial charge in [0.2, 0.25) is 0 Å². The minimum Gasteiger partial charge on any atom is -0.506 e. The van der Waals surface area contributed by atoms with E-state index in [9.17, 15) is 9.90 Å². The molecule has 0 saturated carbocycles. The fraction of sp³-hybridized carbons (Fsp3) is 0.235. The zero-order valence-electron chi connectivity index (χ0n) is 13.1. The Morgan fingerprint density at radius 1 is 1.09 bits per heavy atom. The highest BCUT2D eigenvalue weighted by molar-refractivity contribution is 5.90. The van der Waals surface area contributed by atoms with Gasteiger partial charge >= 0.3 is 6.03 Å². The second-order valence-electron chi connectivity index (χ2n) is 4.84. The van der Waals surface area contributed by atoms with Crippen molar-refractivity contribution in [3.63, 3.8) is 0 Å². The maximum atomic E-state index is 11.8. The van der Waals surface area contributed by atoms with Gasteiger partial charge in [-0.05, 0) is 36.2 Å². The monoisotopic (exact) mass is 316 g/mol. The van der Waals surface area contributed by atoms with Gasteiger partial charge in [0.05, 0.1) is 19.9 Å². The molecule has 3 N–H and O–H groups in total. The highest BCUT2D eigenvalue weighted by atomic mass is 16.5. The maximum absolute atomic E-state index is 11.8. The SMILES string of the molecule is COc1ccc(CCNC(=O)Nc2ccccc2O)cc1OC. The molecule has 0 aliphatic carbocycles. The Hall–Kier alpha value is -2.89. The predicted octanol–water partition coefficient (Wildman–Crippen LogP) is 2.77. The van der Waals surface area contributed by atoms with Crippen LogP contribution < -0.4 is 20.1 Å². The van der Waals surface area contributed by atoms with Gasteiger partial charge in [-0.2, -0.15) is 0 Å². The Labute approximate surface area is 135 Å². The summed E-state index contributed by atoms with van der Waals surface area (Å²) in [4.78, 5) is 11.8. The number of para-hydroxylation sites is 2. The number of ether oxygens (including phenoxy) is 2. The van der Waals surface area contributed by atoms with E-state index in [0.717, 1.165) is 5.56 Å². The third-order valence-corrected chi connectivity index (χ3v) is 3.30. The summed E-state index contributed by atoms with van der Waals surface area (Å²) in [6, 6.07) is 11.8. The maximum Gasteiger partial charge on any atom is 0.319 e. The van der Waals surface area contributed by atoms with Crippen LogP contribution in [0.15, 0.2) is 42.5 Å². The number of carbonyl (C=O) groups is 1. The van der Waals surface area contributed by atoms with Crippen LogP contribution in [0.3, 0.4) is 0 Å². The molecule has 122 valence electrons. The lowest BCUT2D eigenvalue weighted by Gasteiger charge is -2.11. The first-order chi connectivity index (χ1) is 11.1. The van der Waals surface area contributed by atoms with Crippen molar-refractivity contribution in [3.05, 3.63) is 48.0 Å². The van der Waals surface area contributed by atoms with Crippen molar-refractivity contribution in [2.24, 2.45) is 0 Å². The normalized spacial score (nSPS) is 10.0. The van der Waals surface area contributed by atoms with Gasteiger partial charge in [0.25, 0.3) is 0 Å². The zero-order valence-corrected chi connectivity index (χ0v) is 13.1. The number of benzene rings is 2. The quantitative estimate of drug-likeness (QED) is 0.716. The number of urea groups is 1. The van der Waals surface area contributed by atoms with E-state index < -0.39 is 0 Å². The van der Waals surface area contributed by atoms with Crippen LogP contribution in [0, 0.1) is 0 Å². The lowest BCUT2D eigenvalue weighted by molar-refractivity contribution is 0.252. The van der Waals surface area contributed by atoms with Crippen LogP contribution in [0.2, 0.25) is 0 Å². The molecule has 2 aromatic carbocycles. The van der Waals surface area contributed by atoms with Crippen molar-refractivity contribution < 1.29 is 19.4 Å². The molecule has 0 saturated heterocycles. The summed E-state index contributed by atoms with van der Waals surface area (Å²) in [6.45, 7) is 0.453. The molecule has 0 atom stereocenters. The number of nitrogens with one attached hydrogen (secondary N) is 2. The minimum atomic E-state index is -0.369. The fourth-order valence-electron chi connectivity index (χ4n) is 2.10. The average molecular weight is 316 g/mol. The third-order valence-electron chi connectivity index (χ3n) is 3.30. The number of hydrogen-bond donors (Lipinski definition) is 3. The summed E-state index contributed by atoms with van der Waals surface area (Å²) in [6.07, 6.45) is 0.647. The molecule has 0 bridgehead atoms. The van der Waals surface area contributed by atoms with Crippen molar-refractivity contribution in [3.8, 4) is 17.2 Å². The first-order valence-electron chi connectivity index (χ1n) is 7.17. The van der Waals surface area contributed by atoms with E-state index in [4.69, 9.17) is 9.47 Å². The van der Waals surface area contributed by atoms with E-state index in [1.165, 1.54) is 6.07 Å². The third kappa shape index (κ3) is 4.54. The highest BCUT2D eigenvalue weighted by Crippen LogP contribution is 2.27. The van der Waals surface area contributed by atoms with Crippen molar-refractivity contribution in [2.45, 2.75) is 6.42 Å². The molecule has 23 heavy (non-hydrogen) atoms. The Morgan fingerprint density at radius 3 is 2.52 bits per heavy atom. The second-order valence-corrected chi connectivity index (χ2v) is 4.84. The van der Waals surface area contributed by atoms with Gasteiger partial charge in [-0.3, -0.25) is 0 Å². The Kier molecular flexibility index (Phi) is 5.68. The highest BCUT2D eigenvalue weighted by Gasteiger charge is 2.07. The number of amides is 2. The molecule has 6 nitrogen and oxygen atoms in total. The summed E-state index contributed by atoms with van der Waals surface area (Å²) in [5.74, 6) is 1.35. The number of methoxy groups -OCH3 is 2. The molecule has 0 unspecified atom stereocenters. The average Bonchev–Trinajstić information content (AvgIpc) is 2.56. The number of phenolic OH excluding ortho intramolecular Hbond substituents is 1. The van der Waals surface area contributed by atoms with Crippen LogP contribution in [0.4, 0.5) is 10.5 Å². The summed E-state index contributed by atoms with van der Waals surface area (Å²) < 4.78 is 10.4. The number of aromatic hydroxyl groups is 1. The number of anilines is 1. The first-order valence-corrected chi connectivity index (χ1v) is 7.17. The van der Waals surface area contributed by atoms with E-state index in [1.807, 2.05) is 18.2 Å². The fourth-order valence-corrected chi connectivity index (χ4v) is 2.10. The van der Waals surface area contributed by atoms with Crippen LogP contribution in [0.5, 0.6) is 17.2 Å². The molecule has 2 aromatic rings. The number of hydrogen-bond acceptors (Lipinski definition) is 4. The molecule has 0 aromatic heterocycles. The predicted molar refractivity (Wildman–Crippen MR) is 88.4 cm³/mol. The molecule has 0 fully saturated rings. The molecule has 0 heterocycles. The van der Waals surface area contributed by atoms with E-state index in [1.54, 1.807) is 32.4 Å². The lowest BCUT2D eigenvalue weighted by atomic mass is 10.1. The summed E-state index contributed by atoms with van der Waals surface area (Å²) in [7, 11) is 3.17. The Bertz CT molecular complexity index is 673. The van der Waals surface area contributed by atoms with Crippen molar-refractivity contribution >= 4 is 11.7 Å². The van der Waals surface area contributed by atoms with Crippen LogP contribution in [-0.2, 0) is 6.42 Å². The first kappa shape index (κ1) is 16.5. The van der Waals surface area contributed by atoms with Gasteiger partial charge in [-0.15, -0.1) is 0 Å². The minimum absolute atomic E-state index is 0.0301. The van der Waals surface area contributed by atoms with Crippen molar-refractivity contribution in [2.75, 3.05) is 26.1 Å². The molecule has 2 amide bonds. The van der Waals surface area contributed by atoms with Crippen LogP contribution in [-0.4, -0.2) is 31.9 Å². The molecular weight excluding hydrogens is 296 g/mol. The number of rotatable bonds is 6. The van der Waals surface area contributed by atoms with Crippen LogP contribution in [0.25, 0.3) is 0 Å². The topological polar surface area (TPSA) is 79.8 Å². The van der Waals surface area contributed by atoms with E-state index >= 15 is 0 Å². The van der Waals surface area contributed by atoms with Gasteiger partial charge in [0.1, 0.15) is 5.75 Å². The molecule has 0 aliphatic heterocycles. The zero-order chi connectivity index (χ0) is 16.7. The molecule has 0 radical (unpaired) electrons. The van der Waals surface area contributed by atoms with E-state index in [0.29, 0.717) is 30.2 Å². The van der Waals surface area contributed by atoms with E-state index in [-0.39, 0.29) is 11.8 Å². The second kappa shape index (κ2) is 7.93. The summed E-state index contributed by atoms with van der Waals surface area (Å²) in [5, 5.41) is 14.9. The standard InChI is InChI=1S/C17H20N2O4/c1-22-15-8-7-12(11-16(15)23-2)9-10-18-17(21)19-13-5-3-4-6-14(13)20/h3-8,11,20H,9-10H2,1-2H3,(H2,18,19,21). The summed E-state index contributed by atoms with van der Waals surface area (Å²) in [5.41, 5.74) is 1.39. The molecular formula is C17H20N2O4. The Balaban J connectivity index is 1.85. The Morgan fingerprint density at radius 2 is 1.83 bits per heavy atom. The van der Waals surface area contributed by atoms with Gasteiger partial charge in [-0.1, -0.05) is 18.2 Å². The largest absolute Gasteiger partial charge is 0.506 e. The molecule has 0 spiro atoms. The summed E-state index contributed by atoms with van der Waals surface area (Å²) >= 11 is 0.